The van der Waals surface area contributed by atoms with E-state index in [2.05, 4.69) is 5.10 Å². The molecule has 2 aromatic carbocycles. The number of hydrogen-bond acceptors (Lipinski definition) is 3. The summed E-state index contributed by atoms with van der Waals surface area (Å²) in [5.74, 6) is -0.359. The molecule has 5 nitrogen and oxygen atoms in total. The minimum atomic E-state index is -0.301. The molecule has 1 atom stereocenters. The lowest BCUT2D eigenvalue weighted by atomic mass is 10.1. The summed E-state index contributed by atoms with van der Waals surface area (Å²) >= 11 is 0. The zero-order valence-electron chi connectivity index (χ0n) is 16.2. The average molecular weight is 391 g/mol. The van der Waals surface area contributed by atoms with Crippen molar-refractivity contribution in [1.82, 2.24) is 14.7 Å². The predicted molar refractivity (Wildman–Crippen MR) is 110 cm³/mol. The third-order valence-corrected chi connectivity index (χ3v) is 4.84. The van der Waals surface area contributed by atoms with Gasteiger partial charge in [0.05, 0.1) is 24.1 Å². The summed E-state index contributed by atoms with van der Waals surface area (Å²) in [4.78, 5) is 14.4. The summed E-state index contributed by atoms with van der Waals surface area (Å²) < 4.78 is 20.6. The van der Waals surface area contributed by atoms with E-state index in [1.807, 2.05) is 43.5 Å². The molecule has 1 fully saturated rings. The predicted octanol–water partition coefficient (Wildman–Crippen LogP) is 3.94. The second-order valence-electron chi connectivity index (χ2n) is 7.02. The standard InChI is InChI=1S/C23H22FN3O2/c1-17-15-26(13-14-29-17)22(28)12-9-19-16-27(21-5-3-2-4-6-21)25-23(19)18-7-10-20(24)11-8-18/h2-12,16-17H,13-15H2,1H3/b12-9+. The van der Waals surface area contributed by atoms with Gasteiger partial charge in [-0.15, -0.1) is 0 Å². The Morgan fingerprint density at radius 3 is 2.66 bits per heavy atom. The van der Waals surface area contributed by atoms with Crippen LogP contribution in [0.1, 0.15) is 12.5 Å². The highest BCUT2D eigenvalue weighted by molar-refractivity contribution is 5.93. The van der Waals surface area contributed by atoms with E-state index in [9.17, 15) is 9.18 Å². The molecule has 1 aliphatic heterocycles. The van der Waals surface area contributed by atoms with E-state index in [-0.39, 0.29) is 17.8 Å². The van der Waals surface area contributed by atoms with E-state index in [1.165, 1.54) is 12.1 Å². The second-order valence-corrected chi connectivity index (χ2v) is 7.02. The second kappa shape index (κ2) is 8.41. The third kappa shape index (κ3) is 4.43. The van der Waals surface area contributed by atoms with Crippen molar-refractivity contribution in [2.24, 2.45) is 0 Å². The summed E-state index contributed by atoms with van der Waals surface area (Å²) in [6.45, 7) is 3.67. The number of para-hydroxylation sites is 1. The molecule has 29 heavy (non-hydrogen) atoms. The molecule has 0 aliphatic carbocycles. The van der Waals surface area contributed by atoms with Crippen LogP contribution in [0.4, 0.5) is 4.39 Å². The van der Waals surface area contributed by atoms with Crippen LogP contribution in [0, 0.1) is 5.82 Å². The fourth-order valence-electron chi connectivity index (χ4n) is 3.34. The van der Waals surface area contributed by atoms with Crippen molar-refractivity contribution in [1.29, 1.82) is 0 Å². The Morgan fingerprint density at radius 1 is 1.17 bits per heavy atom. The van der Waals surface area contributed by atoms with Gasteiger partial charge in [-0.25, -0.2) is 9.07 Å². The zero-order valence-corrected chi connectivity index (χ0v) is 16.2. The van der Waals surface area contributed by atoms with Crippen molar-refractivity contribution in [3.05, 3.63) is 78.3 Å². The van der Waals surface area contributed by atoms with Gasteiger partial charge in [-0.05, 0) is 49.4 Å². The maximum atomic E-state index is 13.4. The zero-order chi connectivity index (χ0) is 20.2. The number of aromatic nitrogens is 2. The number of ether oxygens (including phenoxy) is 1. The number of rotatable bonds is 4. The molecule has 1 amide bonds. The normalized spacial score (nSPS) is 17.0. The first-order valence-electron chi connectivity index (χ1n) is 9.60. The molecule has 6 heteroatoms. The van der Waals surface area contributed by atoms with Gasteiger partial charge in [-0.2, -0.15) is 5.10 Å². The van der Waals surface area contributed by atoms with Crippen molar-refractivity contribution < 1.29 is 13.9 Å². The van der Waals surface area contributed by atoms with Crippen molar-refractivity contribution in [3.8, 4) is 16.9 Å². The van der Waals surface area contributed by atoms with E-state index in [1.54, 1.807) is 33.9 Å². The van der Waals surface area contributed by atoms with E-state index in [4.69, 9.17) is 4.74 Å². The lowest BCUT2D eigenvalue weighted by Crippen LogP contribution is -2.43. The minimum absolute atomic E-state index is 0.0386. The van der Waals surface area contributed by atoms with Gasteiger partial charge in [-0.3, -0.25) is 4.79 Å². The average Bonchev–Trinajstić information content (AvgIpc) is 3.17. The van der Waals surface area contributed by atoms with Gasteiger partial charge in [0.2, 0.25) is 5.91 Å². The number of halogens is 1. The van der Waals surface area contributed by atoms with Crippen LogP contribution in [0.5, 0.6) is 0 Å². The van der Waals surface area contributed by atoms with Crippen LogP contribution in [0.2, 0.25) is 0 Å². The molecular formula is C23H22FN3O2. The quantitative estimate of drug-likeness (QED) is 0.633. The van der Waals surface area contributed by atoms with Crippen molar-refractivity contribution >= 4 is 12.0 Å². The van der Waals surface area contributed by atoms with Crippen LogP contribution in [0.15, 0.2) is 66.9 Å². The molecule has 0 spiro atoms. The van der Waals surface area contributed by atoms with Crippen molar-refractivity contribution in [3.63, 3.8) is 0 Å². The molecule has 0 N–H and O–H groups in total. The van der Waals surface area contributed by atoms with Crippen LogP contribution in [0.25, 0.3) is 23.0 Å². The molecule has 1 unspecified atom stereocenters. The van der Waals surface area contributed by atoms with E-state index in [0.29, 0.717) is 25.4 Å². The fourth-order valence-corrected chi connectivity index (χ4v) is 3.34. The molecule has 3 aromatic rings. The molecule has 0 saturated carbocycles. The Kier molecular flexibility index (Phi) is 5.53. The molecule has 0 bridgehead atoms. The highest BCUT2D eigenvalue weighted by atomic mass is 19.1. The van der Waals surface area contributed by atoms with Crippen LogP contribution in [-0.2, 0) is 9.53 Å². The summed E-state index contributed by atoms with van der Waals surface area (Å²) in [5, 5.41) is 4.68. The summed E-state index contributed by atoms with van der Waals surface area (Å²) in [6.07, 6.45) is 5.25. The van der Waals surface area contributed by atoms with Gasteiger partial charge in [0.1, 0.15) is 5.82 Å². The maximum absolute atomic E-state index is 13.4. The third-order valence-electron chi connectivity index (χ3n) is 4.84. The number of nitrogens with zero attached hydrogens (tertiary/aromatic N) is 3. The molecule has 148 valence electrons. The fraction of sp³-hybridized carbons (Fsp3) is 0.217. The van der Waals surface area contributed by atoms with E-state index in [0.717, 1.165) is 16.8 Å². The molecule has 1 saturated heterocycles. The molecular weight excluding hydrogens is 369 g/mol. The van der Waals surface area contributed by atoms with E-state index < -0.39 is 0 Å². The van der Waals surface area contributed by atoms with Crippen LogP contribution in [0.3, 0.4) is 0 Å². The lowest BCUT2D eigenvalue weighted by molar-refractivity contribution is -0.132. The molecule has 1 aromatic heterocycles. The van der Waals surface area contributed by atoms with Gasteiger partial charge in [0, 0.05) is 36.5 Å². The first-order chi connectivity index (χ1) is 14.1. The number of carbonyl (C=O) groups excluding carboxylic acids is 1. The Labute approximate surface area is 169 Å². The van der Waals surface area contributed by atoms with E-state index >= 15 is 0 Å². The Morgan fingerprint density at radius 2 is 1.93 bits per heavy atom. The summed E-state index contributed by atoms with van der Waals surface area (Å²) in [7, 11) is 0. The monoisotopic (exact) mass is 391 g/mol. The Bertz CT molecular complexity index is 1010. The van der Waals surface area contributed by atoms with Crippen molar-refractivity contribution in [2.75, 3.05) is 19.7 Å². The summed E-state index contributed by atoms with van der Waals surface area (Å²) in [6, 6.07) is 15.9. The highest BCUT2D eigenvalue weighted by Gasteiger charge is 2.20. The molecule has 1 aliphatic rings. The number of carbonyl (C=O) groups is 1. The number of morpholine rings is 1. The Hall–Kier alpha value is -3.25. The van der Waals surface area contributed by atoms with Crippen molar-refractivity contribution in [2.45, 2.75) is 13.0 Å². The minimum Gasteiger partial charge on any atom is -0.375 e. The van der Waals surface area contributed by atoms with Crippen LogP contribution < -0.4 is 0 Å². The van der Waals surface area contributed by atoms with Gasteiger partial charge in [0.15, 0.2) is 0 Å². The number of hydrogen-bond donors (Lipinski definition) is 0. The molecule has 0 radical (unpaired) electrons. The van der Waals surface area contributed by atoms with Gasteiger partial charge < -0.3 is 9.64 Å². The SMILES string of the molecule is CC1CN(C(=O)/C=C/c2cn(-c3ccccc3)nc2-c2ccc(F)cc2)CCO1. The maximum Gasteiger partial charge on any atom is 0.246 e. The number of benzene rings is 2. The first-order valence-corrected chi connectivity index (χ1v) is 9.60. The highest BCUT2D eigenvalue weighted by Crippen LogP contribution is 2.25. The molecule has 2 heterocycles. The van der Waals surface area contributed by atoms with Gasteiger partial charge in [-0.1, -0.05) is 18.2 Å². The van der Waals surface area contributed by atoms with Crippen LogP contribution >= 0.6 is 0 Å². The van der Waals surface area contributed by atoms with Crippen LogP contribution in [-0.4, -0.2) is 46.4 Å². The number of amides is 1. The van der Waals surface area contributed by atoms with Gasteiger partial charge >= 0.3 is 0 Å². The Balaban J connectivity index is 1.66. The lowest BCUT2D eigenvalue weighted by Gasteiger charge is -2.30. The molecule has 4 rings (SSSR count). The smallest absolute Gasteiger partial charge is 0.246 e. The van der Waals surface area contributed by atoms with Gasteiger partial charge in [0.25, 0.3) is 0 Å². The first kappa shape index (κ1) is 19.1. The summed E-state index contributed by atoms with van der Waals surface area (Å²) in [5.41, 5.74) is 3.17. The largest absolute Gasteiger partial charge is 0.375 e. The topological polar surface area (TPSA) is 47.4 Å².